The van der Waals surface area contributed by atoms with E-state index in [0.29, 0.717) is 30.0 Å². The Balaban J connectivity index is 1.61. The molecule has 2 heterocycles. The van der Waals surface area contributed by atoms with Crippen LogP contribution in [0.5, 0.6) is 11.5 Å². The summed E-state index contributed by atoms with van der Waals surface area (Å²) in [5.41, 5.74) is 12.7. The Morgan fingerprint density at radius 2 is 1.59 bits per heavy atom. The number of amides is 1. The Bertz CT molecular complexity index is 1460. The Labute approximate surface area is 215 Å². The van der Waals surface area contributed by atoms with Crippen molar-refractivity contribution in [1.82, 2.24) is 4.57 Å². The molecule has 0 spiro atoms. The minimum atomic E-state index is -0.511. The molecule has 7 heteroatoms. The normalized spacial score (nSPS) is 11.9. The van der Waals surface area contributed by atoms with Gasteiger partial charge in [0.25, 0.3) is 5.91 Å². The van der Waals surface area contributed by atoms with Gasteiger partial charge < -0.3 is 24.5 Å². The molecule has 0 saturated heterocycles. The summed E-state index contributed by atoms with van der Waals surface area (Å²) in [5, 5.41) is 0. The van der Waals surface area contributed by atoms with Crippen LogP contribution in [-0.4, -0.2) is 30.3 Å². The number of primary amides is 1. The molecule has 4 aromatic rings. The van der Waals surface area contributed by atoms with Crippen LogP contribution in [0, 0.1) is 6.92 Å². The van der Waals surface area contributed by atoms with Crippen LogP contribution in [0.3, 0.4) is 0 Å². The van der Waals surface area contributed by atoms with Crippen molar-refractivity contribution in [2.24, 2.45) is 5.73 Å². The molecule has 0 aliphatic carbocycles. The fourth-order valence-electron chi connectivity index (χ4n) is 4.89. The van der Waals surface area contributed by atoms with Gasteiger partial charge in [-0.1, -0.05) is 60.7 Å². The number of carbonyl (C=O) groups excluding carboxylic acids is 2. The number of hydrogen-bond donors (Lipinski definition) is 1. The van der Waals surface area contributed by atoms with Crippen molar-refractivity contribution in [1.29, 1.82) is 0 Å². The molecule has 0 fully saturated rings. The van der Waals surface area contributed by atoms with Crippen molar-refractivity contribution in [3.05, 3.63) is 95.3 Å². The maximum absolute atomic E-state index is 12.8. The van der Waals surface area contributed by atoms with Gasteiger partial charge in [-0.15, -0.1) is 0 Å². The van der Waals surface area contributed by atoms with Crippen LogP contribution in [0.25, 0.3) is 22.3 Å². The average molecular weight is 497 g/mol. The number of esters is 1. The number of nitrogens with two attached hydrogens (primary N) is 1. The van der Waals surface area contributed by atoms with Gasteiger partial charge >= 0.3 is 5.97 Å². The highest BCUT2D eigenvalue weighted by molar-refractivity contribution is 6.02. The molecule has 7 nitrogen and oxygen atoms in total. The summed E-state index contributed by atoms with van der Waals surface area (Å²) in [6.45, 7) is 2.55. The predicted octanol–water partition coefficient (Wildman–Crippen LogP) is 5.11. The third kappa shape index (κ3) is 4.80. The van der Waals surface area contributed by atoms with Crippen molar-refractivity contribution in [3.8, 4) is 33.8 Å². The third-order valence-corrected chi connectivity index (χ3v) is 6.73. The molecule has 0 radical (unpaired) electrons. The number of ether oxygens (including phenoxy) is 3. The molecule has 1 aromatic heterocycles. The third-order valence-electron chi connectivity index (χ3n) is 6.73. The molecule has 0 unspecified atom stereocenters. The number of methoxy groups -OCH3 is 1. The van der Waals surface area contributed by atoms with Crippen molar-refractivity contribution in [2.45, 2.75) is 26.3 Å². The molecule has 1 aliphatic rings. The van der Waals surface area contributed by atoms with Gasteiger partial charge in [0.15, 0.2) is 11.5 Å². The zero-order chi connectivity index (χ0) is 25.9. The summed E-state index contributed by atoms with van der Waals surface area (Å²) in [4.78, 5) is 24.9. The molecule has 0 atom stereocenters. The quantitative estimate of drug-likeness (QED) is 0.342. The van der Waals surface area contributed by atoms with Crippen LogP contribution in [0.15, 0.2) is 72.8 Å². The lowest BCUT2D eigenvalue weighted by molar-refractivity contribution is -0.140. The van der Waals surface area contributed by atoms with E-state index in [1.165, 1.54) is 7.11 Å². The van der Waals surface area contributed by atoms with Gasteiger partial charge in [0.2, 0.25) is 6.79 Å². The lowest BCUT2D eigenvalue weighted by Gasteiger charge is -2.14. The first kappa shape index (κ1) is 24.2. The first-order valence-corrected chi connectivity index (χ1v) is 12.1. The van der Waals surface area contributed by atoms with Crippen LogP contribution in [0.1, 0.15) is 33.7 Å². The summed E-state index contributed by atoms with van der Waals surface area (Å²) in [7, 11) is 1.37. The predicted molar refractivity (Wildman–Crippen MR) is 141 cm³/mol. The largest absolute Gasteiger partial charge is 0.469 e. The van der Waals surface area contributed by atoms with Gasteiger partial charge in [0.1, 0.15) is 0 Å². The molecular weight excluding hydrogens is 468 g/mol. The van der Waals surface area contributed by atoms with E-state index >= 15 is 0 Å². The van der Waals surface area contributed by atoms with Crippen LogP contribution in [0.4, 0.5) is 0 Å². The van der Waals surface area contributed by atoms with Gasteiger partial charge in [-0.3, -0.25) is 9.59 Å². The minimum Gasteiger partial charge on any atom is -0.469 e. The number of benzene rings is 3. The highest BCUT2D eigenvalue weighted by atomic mass is 16.7. The minimum absolute atomic E-state index is 0.175. The monoisotopic (exact) mass is 496 g/mol. The van der Waals surface area contributed by atoms with Crippen molar-refractivity contribution in [2.75, 3.05) is 13.9 Å². The number of fused-ring (bicyclic) bond motifs is 1. The van der Waals surface area contributed by atoms with Crippen molar-refractivity contribution >= 4 is 11.9 Å². The van der Waals surface area contributed by atoms with Crippen molar-refractivity contribution < 1.29 is 23.8 Å². The highest BCUT2D eigenvalue weighted by Crippen LogP contribution is 2.37. The van der Waals surface area contributed by atoms with E-state index in [4.69, 9.17) is 19.9 Å². The Hall–Kier alpha value is -4.52. The Morgan fingerprint density at radius 3 is 2.30 bits per heavy atom. The molecule has 0 saturated carbocycles. The SMILES string of the molecule is COC(=O)CCc1c(-c2ccc(-c3ccccc3)cc2)c(C(N)=O)c(C)n1Cc1ccc2c(c1)OCO2. The van der Waals surface area contributed by atoms with E-state index in [1.807, 2.05) is 67.6 Å². The van der Waals surface area contributed by atoms with Gasteiger partial charge in [-0.05, 0) is 47.7 Å². The maximum atomic E-state index is 12.8. The summed E-state index contributed by atoms with van der Waals surface area (Å²) in [6.07, 6.45) is 0.565. The summed E-state index contributed by atoms with van der Waals surface area (Å²) >= 11 is 0. The lowest BCUT2D eigenvalue weighted by Crippen LogP contribution is -2.13. The number of aromatic nitrogens is 1. The first-order valence-electron chi connectivity index (χ1n) is 12.1. The molecule has 3 aromatic carbocycles. The second kappa shape index (κ2) is 10.2. The van der Waals surface area contributed by atoms with Crippen LogP contribution >= 0.6 is 0 Å². The first-order chi connectivity index (χ1) is 18.0. The highest BCUT2D eigenvalue weighted by Gasteiger charge is 2.26. The number of hydrogen-bond acceptors (Lipinski definition) is 5. The Morgan fingerprint density at radius 1 is 0.919 bits per heavy atom. The number of nitrogens with zero attached hydrogens (tertiary/aromatic N) is 1. The molecule has 2 N–H and O–H groups in total. The van der Waals surface area contributed by atoms with Crippen LogP contribution < -0.4 is 15.2 Å². The van der Waals surface area contributed by atoms with Crippen molar-refractivity contribution in [3.63, 3.8) is 0 Å². The molecule has 1 aliphatic heterocycles. The zero-order valence-corrected chi connectivity index (χ0v) is 20.8. The molecular formula is C30H28N2O5. The topological polar surface area (TPSA) is 92.8 Å². The Kier molecular flexibility index (Phi) is 6.68. The van der Waals surface area contributed by atoms with E-state index in [9.17, 15) is 9.59 Å². The molecule has 37 heavy (non-hydrogen) atoms. The zero-order valence-electron chi connectivity index (χ0n) is 20.8. The number of carbonyl (C=O) groups is 2. The summed E-state index contributed by atoms with van der Waals surface area (Å²) in [5.74, 6) is 0.559. The van der Waals surface area contributed by atoms with E-state index in [1.54, 1.807) is 0 Å². The van der Waals surface area contributed by atoms with E-state index in [-0.39, 0.29) is 19.2 Å². The maximum Gasteiger partial charge on any atom is 0.305 e. The fraction of sp³-hybridized carbons (Fsp3) is 0.200. The van der Waals surface area contributed by atoms with Crippen LogP contribution in [0.2, 0.25) is 0 Å². The lowest BCUT2D eigenvalue weighted by atomic mass is 9.95. The summed E-state index contributed by atoms with van der Waals surface area (Å²) < 4.78 is 18.0. The molecule has 1 amide bonds. The van der Waals surface area contributed by atoms with Gasteiger partial charge in [0, 0.05) is 23.5 Å². The molecule has 0 bridgehead atoms. The van der Waals surface area contributed by atoms with Gasteiger partial charge in [0.05, 0.1) is 19.1 Å². The van der Waals surface area contributed by atoms with Gasteiger partial charge in [-0.2, -0.15) is 0 Å². The van der Waals surface area contributed by atoms with Crippen LogP contribution in [-0.2, 0) is 22.5 Å². The molecule has 5 rings (SSSR count). The second-order valence-electron chi connectivity index (χ2n) is 8.94. The average Bonchev–Trinajstić information content (AvgIpc) is 3.50. The smallest absolute Gasteiger partial charge is 0.305 e. The standard InChI is InChI=1S/C30H28N2O5/c1-19-28(30(31)34)29(23-11-9-22(10-12-23)21-6-4-3-5-7-21)24(13-15-27(33)35-2)32(19)17-20-8-14-25-26(16-20)37-18-36-25/h3-12,14,16H,13,15,17-18H2,1-2H3,(H2,31,34). The molecule has 188 valence electrons. The number of rotatable bonds is 8. The van der Waals surface area contributed by atoms with Gasteiger partial charge in [-0.25, -0.2) is 0 Å². The van der Waals surface area contributed by atoms with E-state index in [2.05, 4.69) is 16.7 Å². The van der Waals surface area contributed by atoms with E-state index in [0.717, 1.165) is 39.2 Å². The summed E-state index contributed by atoms with van der Waals surface area (Å²) in [6, 6.07) is 23.9. The van der Waals surface area contributed by atoms with E-state index < -0.39 is 5.91 Å². The fourth-order valence-corrected chi connectivity index (χ4v) is 4.89. The second-order valence-corrected chi connectivity index (χ2v) is 8.94.